The summed E-state index contributed by atoms with van der Waals surface area (Å²) in [6, 6.07) is 7.86. The van der Waals surface area contributed by atoms with E-state index in [1.807, 2.05) is 24.3 Å². The third-order valence-corrected chi connectivity index (χ3v) is 3.23. The second-order valence-electron chi connectivity index (χ2n) is 4.66. The van der Waals surface area contributed by atoms with Crippen LogP contribution in [0.25, 0.3) is 10.9 Å². The number of aromatic nitrogens is 1. The second kappa shape index (κ2) is 6.95. The Kier molecular flexibility index (Phi) is 4.98. The standard InChI is InChI=1S/C15H21N3O/c16-15-12-6-5-10-17-13(12)7-8-14(15)18-9-3-1-2-4-11-19/h5-8,10,18-19H,1-4,9,11,16H2. The molecule has 4 nitrogen and oxygen atoms in total. The number of nitrogens with two attached hydrogens (primary N) is 1. The highest BCUT2D eigenvalue weighted by atomic mass is 16.2. The smallest absolute Gasteiger partial charge is 0.0724 e. The van der Waals surface area contributed by atoms with Crippen LogP contribution in [0.3, 0.4) is 0 Å². The van der Waals surface area contributed by atoms with Gasteiger partial charge in [0.25, 0.3) is 0 Å². The van der Waals surface area contributed by atoms with Crippen LogP contribution in [0, 0.1) is 0 Å². The molecule has 2 rings (SSSR count). The number of nitrogens with one attached hydrogen (secondary N) is 1. The molecule has 0 atom stereocenters. The lowest BCUT2D eigenvalue weighted by molar-refractivity contribution is 0.283. The zero-order valence-corrected chi connectivity index (χ0v) is 11.1. The van der Waals surface area contributed by atoms with Crippen LogP contribution in [0.2, 0.25) is 0 Å². The van der Waals surface area contributed by atoms with Crippen LogP contribution < -0.4 is 11.1 Å². The van der Waals surface area contributed by atoms with E-state index in [-0.39, 0.29) is 6.61 Å². The van der Waals surface area contributed by atoms with E-state index in [9.17, 15) is 0 Å². The number of hydrogen-bond donors (Lipinski definition) is 3. The summed E-state index contributed by atoms with van der Waals surface area (Å²) < 4.78 is 0. The predicted molar refractivity (Wildman–Crippen MR) is 80.2 cm³/mol. The van der Waals surface area contributed by atoms with Crippen LogP contribution in [0.15, 0.2) is 30.5 Å². The lowest BCUT2D eigenvalue weighted by atomic mass is 10.1. The van der Waals surface area contributed by atoms with E-state index in [1.165, 1.54) is 0 Å². The summed E-state index contributed by atoms with van der Waals surface area (Å²) in [4.78, 5) is 4.28. The third kappa shape index (κ3) is 3.58. The Morgan fingerprint density at radius 2 is 1.95 bits per heavy atom. The molecule has 0 unspecified atom stereocenters. The molecule has 0 fully saturated rings. The van der Waals surface area contributed by atoms with Gasteiger partial charge in [-0.15, -0.1) is 0 Å². The first-order valence-corrected chi connectivity index (χ1v) is 6.81. The molecule has 19 heavy (non-hydrogen) atoms. The quantitative estimate of drug-likeness (QED) is 0.528. The Hall–Kier alpha value is -1.81. The molecule has 0 bridgehead atoms. The highest BCUT2D eigenvalue weighted by molar-refractivity contribution is 5.96. The molecule has 0 aliphatic heterocycles. The molecule has 1 heterocycles. The van der Waals surface area contributed by atoms with Gasteiger partial charge in [-0.1, -0.05) is 12.8 Å². The number of rotatable bonds is 7. The molecule has 102 valence electrons. The Balaban J connectivity index is 1.92. The Labute approximate surface area is 113 Å². The molecule has 0 aliphatic rings. The van der Waals surface area contributed by atoms with Gasteiger partial charge >= 0.3 is 0 Å². The summed E-state index contributed by atoms with van der Waals surface area (Å²) in [5, 5.41) is 13.1. The third-order valence-electron chi connectivity index (χ3n) is 3.23. The SMILES string of the molecule is Nc1c(NCCCCCCO)ccc2ncccc12. The van der Waals surface area contributed by atoms with E-state index in [0.29, 0.717) is 0 Å². The van der Waals surface area contributed by atoms with E-state index < -0.39 is 0 Å². The highest BCUT2D eigenvalue weighted by Gasteiger charge is 2.03. The second-order valence-corrected chi connectivity index (χ2v) is 4.66. The minimum absolute atomic E-state index is 0.290. The van der Waals surface area contributed by atoms with Crippen molar-refractivity contribution in [3.8, 4) is 0 Å². The summed E-state index contributed by atoms with van der Waals surface area (Å²) in [5.41, 5.74) is 8.81. The van der Waals surface area contributed by atoms with Crippen LogP contribution in [0.4, 0.5) is 11.4 Å². The lowest BCUT2D eigenvalue weighted by Gasteiger charge is -2.11. The van der Waals surface area contributed by atoms with Gasteiger partial charge in [-0.3, -0.25) is 4.98 Å². The average Bonchev–Trinajstić information content (AvgIpc) is 2.45. The number of fused-ring (bicyclic) bond motifs is 1. The van der Waals surface area contributed by atoms with Crippen LogP contribution in [-0.2, 0) is 0 Å². The van der Waals surface area contributed by atoms with Crippen molar-refractivity contribution in [2.24, 2.45) is 0 Å². The van der Waals surface area contributed by atoms with Crippen LogP contribution >= 0.6 is 0 Å². The number of nitrogens with zero attached hydrogens (tertiary/aromatic N) is 1. The van der Waals surface area contributed by atoms with E-state index in [4.69, 9.17) is 10.8 Å². The van der Waals surface area contributed by atoms with Crippen LogP contribution in [0.5, 0.6) is 0 Å². The molecule has 1 aromatic carbocycles. The van der Waals surface area contributed by atoms with Crippen molar-refractivity contribution in [2.45, 2.75) is 25.7 Å². The molecule has 1 aromatic heterocycles. The minimum atomic E-state index is 0.290. The zero-order chi connectivity index (χ0) is 13.5. The van der Waals surface area contributed by atoms with Gasteiger partial charge in [0.1, 0.15) is 0 Å². The minimum Gasteiger partial charge on any atom is -0.397 e. The summed E-state index contributed by atoms with van der Waals surface area (Å²) in [5.74, 6) is 0. The van der Waals surface area contributed by atoms with Crippen molar-refractivity contribution in [1.82, 2.24) is 4.98 Å². The zero-order valence-electron chi connectivity index (χ0n) is 11.1. The first-order valence-electron chi connectivity index (χ1n) is 6.81. The van der Waals surface area contributed by atoms with Gasteiger partial charge in [-0.05, 0) is 37.1 Å². The Morgan fingerprint density at radius 1 is 1.11 bits per heavy atom. The summed E-state index contributed by atoms with van der Waals surface area (Å²) >= 11 is 0. The highest BCUT2D eigenvalue weighted by Crippen LogP contribution is 2.27. The van der Waals surface area contributed by atoms with E-state index in [0.717, 1.165) is 54.5 Å². The normalized spacial score (nSPS) is 10.8. The molecule has 0 spiro atoms. The van der Waals surface area contributed by atoms with Gasteiger partial charge < -0.3 is 16.2 Å². The van der Waals surface area contributed by atoms with Crippen molar-refractivity contribution in [1.29, 1.82) is 0 Å². The number of hydrogen-bond acceptors (Lipinski definition) is 4. The molecular weight excluding hydrogens is 238 g/mol. The fourth-order valence-electron chi connectivity index (χ4n) is 2.14. The fraction of sp³-hybridized carbons (Fsp3) is 0.400. The van der Waals surface area contributed by atoms with E-state index in [1.54, 1.807) is 6.20 Å². The Morgan fingerprint density at radius 3 is 2.79 bits per heavy atom. The Bertz CT molecular complexity index is 528. The van der Waals surface area contributed by atoms with Gasteiger partial charge in [0.2, 0.25) is 0 Å². The predicted octanol–water partition coefficient (Wildman–Crippen LogP) is 2.78. The first-order chi connectivity index (χ1) is 9.33. The number of anilines is 2. The molecule has 0 saturated carbocycles. The van der Waals surface area contributed by atoms with Crippen molar-refractivity contribution < 1.29 is 5.11 Å². The number of nitrogen functional groups attached to an aromatic ring is 1. The maximum absolute atomic E-state index is 8.70. The molecule has 4 N–H and O–H groups in total. The van der Waals surface area contributed by atoms with Crippen LogP contribution in [-0.4, -0.2) is 23.2 Å². The molecule has 0 saturated heterocycles. The van der Waals surface area contributed by atoms with Crippen molar-refractivity contribution in [3.05, 3.63) is 30.5 Å². The molecule has 0 radical (unpaired) electrons. The van der Waals surface area contributed by atoms with Gasteiger partial charge in [0.15, 0.2) is 0 Å². The monoisotopic (exact) mass is 259 g/mol. The topological polar surface area (TPSA) is 71.2 Å². The number of pyridine rings is 1. The number of aliphatic hydroxyl groups excluding tert-OH is 1. The fourth-order valence-corrected chi connectivity index (χ4v) is 2.14. The largest absolute Gasteiger partial charge is 0.397 e. The number of aliphatic hydroxyl groups is 1. The maximum atomic E-state index is 8.70. The van der Waals surface area contributed by atoms with Gasteiger partial charge in [-0.25, -0.2) is 0 Å². The molecule has 2 aromatic rings. The number of unbranched alkanes of at least 4 members (excludes halogenated alkanes) is 3. The molecular formula is C15H21N3O. The maximum Gasteiger partial charge on any atom is 0.0724 e. The van der Waals surface area contributed by atoms with E-state index in [2.05, 4.69) is 10.3 Å². The van der Waals surface area contributed by atoms with Crippen LogP contribution in [0.1, 0.15) is 25.7 Å². The van der Waals surface area contributed by atoms with Crippen molar-refractivity contribution in [2.75, 3.05) is 24.2 Å². The van der Waals surface area contributed by atoms with Crippen molar-refractivity contribution >= 4 is 22.3 Å². The van der Waals surface area contributed by atoms with E-state index >= 15 is 0 Å². The summed E-state index contributed by atoms with van der Waals surface area (Å²) in [7, 11) is 0. The first kappa shape index (κ1) is 13.6. The molecule has 4 heteroatoms. The molecule has 0 amide bonds. The van der Waals surface area contributed by atoms with Gasteiger partial charge in [0, 0.05) is 24.7 Å². The number of benzene rings is 1. The average molecular weight is 259 g/mol. The summed E-state index contributed by atoms with van der Waals surface area (Å²) in [6.45, 7) is 1.19. The van der Waals surface area contributed by atoms with Crippen molar-refractivity contribution in [3.63, 3.8) is 0 Å². The molecule has 0 aliphatic carbocycles. The van der Waals surface area contributed by atoms with Gasteiger partial charge in [-0.2, -0.15) is 0 Å². The summed E-state index contributed by atoms with van der Waals surface area (Å²) in [6.07, 6.45) is 5.96. The lowest BCUT2D eigenvalue weighted by Crippen LogP contribution is -2.04. The van der Waals surface area contributed by atoms with Gasteiger partial charge in [0.05, 0.1) is 16.9 Å².